The minimum absolute atomic E-state index is 0. The Hall–Kier alpha value is -0.490. The van der Waals surface area contributed by atoms with Gasteiger partial charge < -0.3 is 9.29 Å². The van der Waals surface area contributed by atoms with Crippen LogP contribution in [0.15, 0.2) is 24.3 Å². The fraction of sp³-hybridized carbons (Fsp3) is 0.600. The Kier molecular flexibility index (Phi) is 11.2. The van der Waals surface area contributed by atoms with E-state index in [-0.39, 0.29) is 41.1 Å². The van der Waals surface area contributed by atoms with Crippen LogP contribution < -0.4 is 0 Å². The van der Waals surface area contributed by atoms with Crippen molar-refractivity contribution in [2.75, 3.05) is 23.0 Å². The van der Waals surface area contributed by atoms with Crippen molar-refractivity contribution in [1.82, 2.24) is 0 Å². The molecular weight excluding hydrogens is 359 g/mol. The van der Waals surface area contributed by atoms with Gasteiger partial charge in [0.15, 0.2) is 0 Å². The normalized spacial score (nSPS) is 12.5. The predicted molar refractivity (Wildman–Crippen MR) is 116 cm³/mol. The van der Waals surface area contributed by atoms with E-state index < -0.39 is 15.4 Å². The molecule has 1 aromatic carbocycles. The zero-order chi connectivity index (χ0) is 18.9. The van der Waals surface area contributed by atoms with Gasteiger partial charge in [0, 0.05) is 0 Å². The summed E-state index contributed by atoms with van der Waals surface area (Å²) in [6.45, 7) is 8.62. The summed E-state index contributed by atoms with van der Waals surface area (Å²) >= 11 is 0. The molecule has 0 unspecified atom stereocenters. The topological polar surface area (TPSA) is 63.6 Å². The third-order valence-corrected chi connectivity index (χ3v) is 11.8. The number of aromatic carboxylic acids is 1. The summed E-state index contributed by atoms with van der Waals surface area (Å²) in [5.74, 6) is 2.47. The van der Waals surface area contributed by atoms with E-state index >= 15 is 0 Å². The monoisotopic (exact) mass is 394 g/mol. The maximum atomic E-state index is 13.0. The van der Waals surface area contributed by atoms with E-state index in [2.05, 4.69) is 27.7 Å². The van der Waals surface area contributed by atoms with Crippen LogP contribution in [0.2, 0.25) is 0 Å². The van der Waals surface area contributed by atoms with Gasteiger partial charge in [0.1, 0.15) is 0 Å². The van der Waals surface area contributed by atoms with Crippen LogP contribution in [0.4, 0.5) is 0 Å². The van der Waals surface area contributed by atoms with Crippen LogP contribution >= 0.6 is 9.44 Å². The molecule has 26 heavy (non-hydrogen) atoms. The summed E-state index contributed by atoms with van der Waals surface area (Å²) in [6, 6.07) is 6.17. The van der Waals surface area contributed by atoms with Crippen molar-refractivity contribution in [3.05, 3.63) is 35.4 Å². The Labute approximate surface area is 180 Å². The van der Waals surface area contributed by atoms with Crippen LogP contribution in [0.1, 0.15) is 74.1 Å². The van der Waals surface area contributed by atoms with Gasteiger partial charge in [-0.1, -0.05) is 33.8 Å². The van der Waals surface area contributed by atoms with Crippen molar-refractivity contribution in [1.29, 1.82) is 0 Å². The molecule has 0 atom stereocenters. The van der Waals surface area contributed by atoms with Gasteiger partial charge in [-0.05, 0) is 66.9 Å². The first-order valence-corrected chi connectivity index (χ1v) is 12.3. The van der Waals surface area contributed by atoms with Gasteiger partial charge in [-0.3, -0.25) is 0 Å². The first-order valence-electron chi connectivity index (χ1n) is 9.43. The molecule has 0 saturated heterocycles. The minimum atomic E-state index is -2.62. The molecule has 0 spiro atoms. The molecule has 6 heteroatoms. The molecule has 0 bridgehead atoms. The number of carbonyl (C=O) groups excluding carboxylic acids is 1. The molecule has 0 aliphatic heterocycles. The second-order valence-electron chi connectivity index (χ2n) is 7.02. The van der Waals surface area contributed by atoms with Crippen molar-refractivity contribution in [2.24, 2.45) is 0 Å². The fourth-order valence-electron chi connectivity index (χ4n) is 4.18. The number of rotatable bonds is 11. The first kappa shape index (κ1) is 25.5. The number of carbonyl (C=O) groups is 2. The summed E-state index contributed by atoms with van der Waals surface area (Å²) in [7, 11) is -2.62. The third kappa shape index (κ3) is 6.29. The van der Waals surface area contributed by atoms with Crippen molar-refractivity contribution >= 4 is 50.9 Å². The van der Waals surface area contributed by atoms with E-state index in [1.807, 2.05) is 0 Å². The van der Waals surface area contributed by atoms with Crippen LogP contribution in [0, 0.1) is 0 Å². The molecule has 0 amide bonds. The molecule has 0 aliphatic rings. The van der Waals surface area contributed by atoms with Crippen molar-refractivity contribution < 1.29 is 18.9 Å². The second kappa shape index (κ2) is 11.4. The van der Waals surface area contributed by atoms with Crippen molar-refractivity contribution in [3.63, 3.8) is 0 Å². The van der Waals surface area contributed by atoms with Gasteiger partial charge in [0.25, 0.3) is 0 Å². The zero-order valence-corrected chi connectivity index (χ0v) is 17.0. The maximum absolute atomic E-state index is 13.0. The van der Waals surface area contributed by atoms with Crippen molar-refractivity contribution in [2.45, 2.75) is 53.4 Å². The molecule has 1 rings (SSSR count). The summed E-state index contributed by atoms with van der Waals surface area (Å²) < 4.78 is 6.41. The van der Waals surface area contributed by atoms with Crippen LogP contribution in [0.25, 0.3) is 0 Å². The van der Waals surface area contributed by atoms with E-state index in [4.69, 9.17) is 9.29 Å². The van der Waals surface area contributed by atoms with E-state index in [0.29, 0.717) is 5.56 Å². The number of hydrogen-bond acceptors (Lipinski definition) is 3. The Morgan fingerprint density at radius 1 is 0.885 bits per heavy atom. The number of carboxylic acids is 1. The van der Waals surface area contributed by atoms with Crippen LogP contribution in [-0.2, 0) is 4.18 Å². The summed E-state index contributed by atoms with van der Waals surface area (Å²) in [6.07, 6.45) is 4.00. The van der Waals surface area contributed by atoms with Crippen molar-refractivity contribution in [3.8, 4) is 0 Å². The fourth-order valence-corrected chi connectivity index (χ4v) is 11.0. The van der Waals surface area contributed by atoms with E-state index in [1.54, 1.807) is 12.1 Å². The Balaban J connectivity index is 0.00000625. The van der Waals surface area contributed by atoms with Gasteiger partial charge in [0.2, 0.25) is 0 Å². The first-order chi connectivity index (χ1) is 11.8. The molecule has 1 N–H and O–H groups in total. The van der Waals surface area contributed by atoms with E-state index in [9.17, 15) is 9.59 Å². The molecule has 146 valence electrons. The zero-order valence-electron chi connectivity index (χ0n) is 16.1. The Morgan fingerprint density at radius 2 is 1.31 bits per heavy atom. The number of thiol groups is 1. The molecule has 0 aromatic heterocycles. The Bertz CT molecular complexity index is 568. The van der Waals surface area contributed by atoms with E-state index in [0.717, 1.165) is 48.7 Å². The van der Waals surface area contributed by atoms with E-state index in [1.165, 1.54) is 12.1 Å². The van der Waals surface area contributed by atoms with Crippen LogP contribution in [0.5, 0.6) is 0 Å². The van der Waals surface area contributed by atoms with Gasteiger partial charge in [-0.15, -0.1) is 0 Å². The third-order valence-electron chi connectivity index (χ3n) is 4.84. The Morgan fingerprint density at radius 3 is 1.69 bits per heavy atom. The average molecular weight is 395 g/mol. The van der Waals surface area contributed by atoms with Gasteiger partial charge in [-0.2, -0.15) is 9.44 Å². The molecule has 1 aromatic rings. The molecule has 0 aliphatic carbocycles. The summed E-state index contributed by atoms with van der Waals surface area (Å²) in [4.78, 5) is 24.1. The quantitative estimate of drug-likeness (QED) is 0.428. The number of hydrogen-bond donors (Lipinski definition) is 2. The molecule has 4 nitrogen and oxygen atoms in total. The molecule has 0 saturated carbocycles. The molecule has 0 fully saturated rings. The molecular formula is C20H35NaO4S. The standard InChI is InChI=1S/C20H34O4S.Na.H/c1-5-12-25(13-6-2,14-7-3,15-8-4)24-20(23)18-11-9-10-17(16-18)19(21)22;;/h9-11,16,25H,5-8,12-15H2,1-4H3,(H,21,22);;. The van der Waals surface area contributed by atoms with Gasteiger partial charge >= 0.3 is 41.5 Å². The van der Waals surface area contributed by atoms with Gasteiger partial charge in [-0.25, -0.2) is 9.59 Å². The van der Waals surface area contributed by atoms with Crippen LogP contribution in [0.3, 0.4) is 0 Å². The average Bonchev–Trinajstić information content (AvgIpc) is 2.56. The SMILES string of the molecule is CCC[SH](CCC)(CCC)(CCC)OC(=O)c1cccc(C(=O)O)c1.[NaH]. The summed E-state index contributed by atoms with van der Waals surface area (Å²) in [5.41, 5.74) is 0.458. The van der Waals surface area contributed by atoms with Gasteiger partial charge in [0.05, 0.1) is 11.1 Å². The second-order valence-corrected chi connectivity index (χ2v) is 12.7. The summed E-state index contributed by atoms with van der Waals surface area (Å²) in [5, 5.41) is 9.17. The molecule has 0 radical (unpaired) electrons. The number of carboxylic acid groups (broad SMARTS) is 1. The van der Waals surface area contributed by atoms with Crippen LogP contribution in [-0.4, -0.2) is 69.6 Å². The number of benzene rings is 1. The molecule has 0 heterocycles. The predicted octanol–water partition coefficient (Wildman–Crippen LogP) is 4.52.